The van der Waals surface area contributed by atoms with Crippen LogP contribution in [0, 0.1) is 0 Å². The summed E-state index contributed by atoms with van der Waals surface area (Å²) in [6, 6.07) is 10.1. The van der Waals surface area contributed by atoms with E-state index in [0.717, 1.165) is 18.4 Å². The number of hydrogen-bond acceptors (Lipinski definition) is 3. The maximum absolute atomic E-state index is 12.6. The van der Waals surface area contributed by atoms with Gasteiger partial charge in [-0.15, -0.1) is 0 Å². The largest absolute Gasteiger partial charge is 0.310 e. The monoisotopic (exact) mass is 352 g/mol. The number of aromatic nitrogens is 1. The number of hydrogen-bond donors (Lipinski definition) is 0. The summed E-state index contributed by atoms with van der Waals surface area (Å²) in [7, 11) is -3.72. The highest BCUT2D eigenvalue weighted by atomic mass is 35.5. The third-order valence-electron chi connectivity index (χ3n) is 3.91. The summed E-state index contributed by atoms with van der Waals surface area (Å²) in [6.45, 7) is 1.23. The molecule has 0 spiro atoms. The van der Waals surface area contributed by atoms with Crippen LogP contribution in [0.2, 0.25) is 5.02 Å². The maximum Gasteiger partial charge on any atom is 0.271 e. The maximum atomic E-state index is 12.6. The minimum atomic E-state index is -3.72. The summed E-state index contributed by atoms with van der Waals surface area (Å²) in [5, 5.41) is 0.580. The van der Waals surface area contributed by atoms with Crippen molar-refractivity contribution in [3.8, 4) is 0 Å². The van der Waals surface area contributed by atoms with Crippen molar-refractivity contribution in [2.45, 2.75) is 24.3 Å². The molecule has 1 saturated heterocycles. The van der Waals surface area contributed by atoms with Crippen LogP contribution >= 0.6 is 11.6 Å². The van der Waals surface area contributed by atoms with Crippen LogP contribution < -0.4 is 5.56 Å². The van der Waals surface area contributed by atoms with Crippen molar-refractivity contribution in [1.29, 1.82) is 0 Å². The fourth-order valence-corrected chi connectivity index (χ4v) is 4.55. The lowest BCUT2D eigenvalue weighted by Gasteiger charge is -2.16. The van der Waals surface area contributed by atoms with Gasteiger partial charge >= 0.3 is 0 Å². The van der Waals surface area contributed by atoms with E-state index < -0.39 is 15.6 Å². The van der Waals surface area contributed by atoms with Gasteiger partial charge in [0.2, 0.25) is 10.0 Å². The van der Waals surface area contributed by atoms with Crippen molar-refractivity contribution in [3.63, 3.8) is 0 Å². The van der Waals surface area contributed by atoms with Crippen LogP contribution in [0.15, 0.2) is 52.3 Å². The zero-order valence-electron chi connectivity index (χ0n) is 12.5. The first-order valence-corrected chi connectivity index (χ1v) is 9.24. The van der Waals surface area contributed by atoms with Gasteiger partial charge in [-0.25, -0.2) is 8.42 Å². The first kappa shape index (κ1) is 16.2. The Kier molecular flexibility index (Phi) is 4.57. The van der Waals surface area contributed by atoms with Gasteiger partial charge in [0.05, 0.1) is 6.54 Å². The van der Waals surface area contributed by atoms with Gasteiger partial charge in [0.15, 0.2) is 0 Å². The molecule has 0 N–H and O–H groups in total. The lowest BCUT2D eigenvalue weighted by Crippen LogP contribution is -2.34. The fraction of sp³-hybridized carbons (Fsp3) is 0.312. The van der Waals surface area contributed by atoms with Gasteiger partial charge in [-0.2, -0.15) is 4.31 Å². The quantitative estimate of drug-likeness (QED) is 0.848. The first-order valence-electron chi connectivity index (χ1n) is 7.42. The van der Waals surface area contributed by atoms with E-state index in [-0.39, 0.29) is 11.4 Å². The highest BCUT2D eigenvalue weighted by molar-refractivity contribution is 7.89. The Morgan fingerprint density at radius 2 is 1.83 bits per heavy atom. The second-order valence-electron chi connectivity index (χ2n) is 5.55. The molecule has 1 aliphatic heterocycles. The summed E-state index contributed by atoms with van der Waals surface area (Å²) in [5.74, 6) is 0. The Balaban J connectivity index is 1.97. The van der Waals surface area contributed by atoms with Crippen LogP contribution in [0.5, 0.6) is 0 Å². The molecule has 0 atom stereocenters. The molecule has 0 amide bonds. The lowest BCUT2D eigenvalue weighted by molar-refractivity contribution is 0.475. The van der Waals surface area contributed by atoms with Gasteiger partial charge in [0, 0.05) is 24.3 Å². The average molecular weight is 353 g/mol. The number of rotatable bonds is 4. The molecular formula is C16H17ClN2O3S. The molecule has 0 bridgehead atoms. The summed E-state index contributed by atoms with van der Waals surface area (Å²) in [5.41, 5.74) is 0.342. The summed E-state index contributed by atoms with van der Waals surface area (Å²) in [4.78, 5) is 12.4. The van der Waals surface area contributed by atoms with E-state index >= 15 is 0 Å². The average Bonchev–Trinajstić information content (AvgIpc) is 3.04. The Morgan fingerprint density at radius 1 is 1.09 bits per heavy atom. The summed E-state index contributed by atoms with van der Waals surface area (Å²) >= 11 is 5.95. The smallest absolute Gasteiger partial charge is 0.271 e. The van der Waals surface area contributed by atoms with E-state index in [9.17, 15) is 13.2 Å². The minimum Gasteiger partial charge on any atom is -0.310 e. The Bertz CT molecular complexity index is 871. The molecule has 1 aliphatic rings. The van der Waals surface area contributed by atoms with Gasteiger partial charge in [0.25, 0.3) is 5.56 Å². The van der Waals surface area contributed by atoms with E-state index in [0.29, 0.717) is 18.1 Å². The van der Waals surface area contributed by atoms with Crippen molar-refractivity contribution in [1.82, 2.24) is 8.87 Å². The predicted octanol–water partition coefficient (Wildman–Crippen LogP) is 2.33. The molecule has 122 valence electrons. The van der Waals surface area contributed by atoms with Crippen molar-refractivity contribution in [2.24, 2.45) is 0 Å². The van der Waals surface area contributed by atoms with Gasteiger partial charge in [-0.1, -0.05) is 23.7 Å². The Morgan fingerprint density at radius 3 is 2.52 bits per heavy atom. The number of nitrogens with zero attached hydrogens (tertiary/aromatic N) is 2. The topological polar surface area (TPSA) is 59.4 Å². The van der Waals surface area contributed by atoms with Crippen LogP contribution in [0.1, 0.15) is 18.4 Å². The molecule has 7 heteroatoms. The molecule has 5 nitrogen and oxygen atoms in total. The molecule has 1 aromatic heterocycles. The normalized spacial score (nSPS) is 15.9. The van der Waals surface area contributed by atoms with Crippen LogP contribution in [0.3, 0.4) is 0 Å². The van der Waals surface area contributed by atoms with Crippen molar-refractivity contribution in [3.05, 3.63) is 63.5 Å². The molecule has 0 radical (unpaired) electrons. The second kappa shape index (κ2) is 6.47. The zero-order chi connectivity index (χ0) is 16.4. The lowest BCUT2D eigenvalue weighted by atomic mass is 10.2. The van der Waals surface area contributed by atoms with Crippen LogP contribution in [0.25, 0.3) is 0 Å². The molecule has 2 heterocycles. The number of benzene rings is 1. The van der Waals surface area contributed by atoms with Gasteiger partial charge in [-0.3, -0.25) is 4.79 Å². The number of halogens is 1. The molecule has 23 heavy (non-hydrogen) atoms. The number of sulfonamides is 1. The third-order valence-corrected chi connectivity index (χ3v) is 6.06. The molecule has 1 aromatic carbocycles. The highest BCUT2D eigenvalue weighted by Crippen LogP contribution is 2.18. The minimum absolute atomic E-state index is 0.163. The predicted molar refractivity (Wildman–Crippen MR) is 89.2 cm³/mol. The van der Waals surface area contributed by atoms with Gasteiger partial charge < -0.3 is 4.57 Å². The SMILES string of the molecule is O=c1c(S(=O)(=O)N2CCCC2)cccn1Cc1cccc(Cl)c1. The van der Waals surface area contributed by atoms with Crippen molar-refractivity contribution >= 4 is 21.6 Å². The number of pyridine rings is 1. The zero-order valence-corrected chi connectivity index (χ0v) is 14.1. The van der Waals surface area contributed by atoms with E-state index in [1.54, 1.807) is 30.5 Å². The third kappa shape index (κ3) is 3.34. The molecule has 1 fully saturated rings. The van der Waals surface area contributed by atoms with Gasteiger partial charge in [-0.05, 0) is 42.7 Å². The van der Waals surface area contributed by atoms with Crippen molar-refractivity contribution < 1.29 is 8.42 Å². The fourth-order valence-electron chi connectivity index (χ4n) is 2.74. The molecular weight excluding hydrogens is 336 g/mol. The Labute approximate surface area is 140 Å². The van der Waals surface area contributed by atoms with E-state index in [1.807, 2.05) is 6.07 Å². The van der Waals surface area contributed by atoms with E-state index in [4.69, 9.17) is 11.6 Å². The van der Waals surface area contributed by atoms with E-state index in [2.05, 4.69) is 0 Å². The summed E-state index contributed by atoms with van der Waals surface area (Å²) < 4.78 is 28.0. The molecule has 2 aromatic rings. The van der Waals surface area contributed by atoms with Crippen LogP contribution in [-0.4, -0.2) is 30.4 Å². The first-order chi connectivity index (χ1) is 11.0. The molecule has 0 saturated carbocycles. The van der Waals surface area contributed by atoms with E-state index in [1.165, 1.54) is 14.9 Å². The molecule has 0 aliphatic carbocycles. The molecule has 3 rings (SSSR count). The van der Waals surface area contributed by atoms with Crippen LogP contribution in [-0.2, 0) is 16.6 Å². The van der Waals surface area contributed by atoms with Crippen molar-refractivity contribution in [2.75, 3.05) is 13.1 Å². The Hall–Kier alpha value is -1.63. The van der Waals surface area contributed by atoms with Gasteiger partial charge in [0.1, 0.15) is 4.90 Å². The molecule has 0 unspecified atom stereocenters. The second-order valence-corrected chi connectivity index (χ2v) is 7.89. The summed E-state index contributed by atoms with van der Waals surface area (Å²) in [6.07, 6.45) is 3.26. The van der Waals surface area contributed by atoms with Crippen LogP contribution in [0.4, 0.5) is 0 Å². The highest BCUT2D eigenvalue weighted by Gasteiger charge is 2.29. The standard InChI is InChI=1S/C16H17ClN2O3S/c17-14-6-3-5-13(11-14)12-18-8-4-7-15(16(18)20)23(21,22)19-9-1-2-10-19/h3-8,11H,1-2,9-10,12H2.